The van der Waals surface area contributed by atoms with Crippen LogP contribution in [0.25, 0.3) is 76.9 Å². The van der Waals surface area contributed by atoms with Crippen molar-refractivity contribution in [2.45, 2.75) is 0 Å². The van der Waals surface area contributed by atoms with E-state index in [2.05, 4.69) is 205 Å². The molecule has 1 heterocycles. The van der Waals surface area contributed by atoms with Crippen LogP contribution in [0.3, 0.4) is 0 Å². The molecule has 10 rings (SSSR count). The number of benzene rings is 9. The summed E-state index contributed by atoms with van der Waals surface area (Å²) in [5.74, 6) is 0. The van der Waals surface area contributed by atoms with E-state index in [1.807, 2.05) is 0 Å². The van der Waals surface area contributed by atoms with Gasteiger partial charge in [-0.15, -0.1) is 0 Å². The molecule has 0 amide bonds. The van der Waals surface area contributed by atoms with E-state index in [0.29, 0.717) is 0 Å². The number of hydrogen-bond donors (Lipinski definition) is 0. The molecule has 0 spiro atoms. The summed E-state index contributed by atoms with van der Waals surface area (Å²) in [7, 11) is 0. The standard InChI is InChI=1S/C50H33NO/c1-2-9-34(10-3-1)36-17-19-37(20-18-36)38-23-28-43(29-24-38)51(44-30-25-39(26-31-44)42-22-21-35-11-4-5-13-41(35)33-42)47-15-8-16-48-49(47)46-32-27-40-12-6-7-14-45(40)50(46)52-48/h1-33H. The maximum Gasteiger partial charge on any atom is 0.143 e. The van der Waals surface area contributed by atoms with Crippen molar-refractivity contribution in [3.05, 3.63) is 200 Å². The Morgan fingerprint density at radius 1 is 0.327 bits per heavy atom. The van der Waals surface area contributed by atoms with Crippen LogP contribution in [-0.2, 0) is 0 Å². The molecule has 0 aliphatic heterocycles. The molecule has 9 aromatic carbocycles. The highest BCUT2D eigenvalue weighted by atomic mass is 16.3. The van der Waals surface area contributed by atoms with Gasteiger partial charge in [-0.05, 0) is 98.1 Å². The third-order valence-electron chi connectivity index (χ3n) is 10.3. The highest BCUT2D eigenvalue weighted by molar-refractivity contribution is 6.19. The lowest BCUT2D eigenvalue weighted by atomic mass is 9.99. The van der Waals surface area contributed by atoms with E-state index in [-0.39, 0.29) is 0 Å². The largest absolute Gasteiger partial charge is 0.455 e. The van der Waals surface area contributed by atoms with E-state index in [1.54, 1.807) is 0 Å². The Labute approximate surface area is 302 Å². The number of furan rings is 1. The molecule has 52 heavy (non-hydrogen) atoms. The lowest BCUT2D eigenvalue weighted by Crippen LogP contribution is -2.10. The molecule has 10 aromatic rings. The first kappa shape index (κ1) is 30.0. The van der Waals surface area contributed by atoms with E-state index in [1.165, 1.54) is 49.5 Å². The zero-order valence-corrected chi connectivity index (χ0v) is 28.4. The first-order valence-electron chi connectivity index (χ1n) is 17.8. The van der Waals surface area contributed by atoms with Crippen molar-refractivity contribution in [2.75, 3.05) is 4.90 Å². The van der Waals surface area contributed by atoms with Crippen molar-refractivity contribution >= 4 is 60.5 Å². The molecular weight excluding hydrogens is 631 g/mol. The summed E-state index contributed by atoms with van der Waals surface area (Å²) in [5, 5.41) is 6.99. The lowest BCUT2D eigenvalue weighted by molar-refractivity contribution is 0.672. The van der Waals surface area contributed by atoms with Crippen LogP contribution in [0, 0.1) is 0 Å². The molecule has 0 bridgehead atoms. The smallest absolute Gasteiger partial charge is 0.143 e. The molecule has 0 aliphatic carbocycles. The van der Waals surface area contributed by atoms with Gasteiger partial charge in [-0.1, -0.05) is 152 Å². The fraction of sp³-hybridized carbons (Fsp3) is 0. The van der Waals surface area contributed by atoms with Gasteiger partial charge in [-0.3, -0.25) is 0 Å². The van der Waals surface area contributed by atoms with Crippen LogP contribution in [0.15, 0.2) is 205 Å². The molecule has 244 valence electrons. The summed E-state index contributed by atoms with van der Waals surface area (Å²) in [6, 6.07) is 71.7. The Balaban J connectivity index is 1.09. The normalized spacial score (nSPS) is 11.5. The average Bonchev–Trinajstić information content (AvgIpc) is 3.62. The topological polar surface area (TPSA) is 16.4 Å². The fourth-order valence-electron chi connectivity index (χ4n) is 7.61. The molecule has 0 aliphatic rings. The number of hydrogen-bond acceptors (Lipinski definition) is 2. The Bertz CT molecular complexity index is 2870. The molecule has 0 N–H and O–H groups in total. The van der Waals surface area contributed by atoms with E-state index in [4.69, 9.17) is 4.42 Å². The first-order chi connectivity index (χ1) is 25.8. The van der Waals surface area contributed by atoms with Gasteiger partial charge in [0.05, 0.1) is 11.1 Å². The highest BCUT2D eigenvalue weighted by Crippen LogP contribution is 2.45. The van der Waals surface area contributed by atoms with Crippen molar-refractivity contribution in [3.63, 3.8) is 0 Å². The van der Waals surface area contributed by atoms with E-state index in [9.17, 15) is 0 Å². The summed E-state index contributed by atoms with van der Waals surface area (Å²) in [4.78, 5) is 2.36. The van der Waals surface area contributed by atoms with Gasteiger partial charge in [0.1, 0.15) is 11.2 Å². The van der Waals surface area contributed by atoms with Gasteiger partial charge >= 0.3 is 0 Å². The molecule has 2 nitrogen and oxygen atoms in total. The maximum absolute atomic E-state index is 6.63. The Hall–Kier alpha value is -6.90. The second kappa shape index (κ2) is 12.5. The Morgan fingerprint density at radius 3 is 1.54 bits per heavy atom. The SMILES string of the molecule is c1ccc(-c2ccc(-c3ccc(N(c4ccc(-c5ccc6ccccc6c5)cc4)c4cccc5oc6c7ccccc7ccc6c45)cc3)cc2)cc1. The van der Waals surface area contributed by atoms with Crippen LogP contribution >= 0.6 is 0 Å². The zero-order valence-electron chi connectivity index (χ0n) is 28.4. The van der Waals surface area contributed by atoms with E-state index >= 15 is 0 Å². The second-order valence-electron chi connectivity index (χ2n) is 13.4. The summed E-state index contributed by atoms with van der Waals surface area (Å²) < 4.78 is 6.63. The molecule has 0 fully saturated rings. The minimum absolute atomic E-state index is 0.872. The molecule has 0 saturated carbocycles. The van der Waals surface area contributed by atoms with Gasteiger partial charge in [-0.25, -0.2) is 0 Å². The third-order valence-corrected chi connectivity index (χ3v) is 10.3. The van der Waals surface area contributed by atoms with E-state index < -0.39 is 0 Å². The molecule has 0 radical (unpaired) electrons. The maximum atomic E-state index is 6.63. The van der Waals surface area contributed by atoms with Crippen molar-refractivity contribution in [1.29, 1.82) is 0 Å². The van der Waals surface area contributed by atoms with Crippen LogP contribution < -0.4 is 4.90 Å². The van der Waals surface area contributed by atoms with Crippen molar-refractivity contribution < 1.29 is 4.42 Å². The molecule has 0 saturated heterocycles. The fourth-order valence-corrected chi connectivity index (χ4v) is 7.61. The predicted molar refractivity (Wildman–Crippen MR) is 220 cm³/mol. The van der Waals surface area contributed by atoms with Gasteiger partial charge in [0.25, 0.3) is 0 Å². The highest BCUT2D eigenvalue weighted by Gasteiger charge is 2.20. The van der Waals surface area contributed by atoms with Gasteiger partial charge < -0.3 is 9.32 Å². The van der Waals surface area contributed by atoms with Gasteiger partial charge in [-0.2, -0.15) is 0 Å². The lowest BCUT2D eigenvalue weighted by Gasteiger charge is -2.26. The zero-order chi connectivity index (χ0) is 34.4. The molecule has 0 atom stereocenters. The summed E-state index contributed by atoms with van der Waals surface area (Å²) in [5.41, 5.74) is 12.2. The van der Waals surface area contributed by atoms with Gasteiger partial charge in [0.15, 0.2) is 0 Å². The molecule has 0 unspecified atom stereocenters. The van der Waals surface area contributed by atoms with Crippen molar-refractivity contribution in [3.8, 4) is 33.4 Å². The summed E-state index contributed by atoms with van der Waals surface area (Å²) in [6.07, 6.45) is 0. The van der Waals surface area contributed by atoms with E-state index in [0.717, 1.165) is 44.4 Å². The summed E-state index contributed by atoms with van der Waals surface area (Å²) >= 11 is 0. The van der Waals surface area contributed by atoms with Crippen molar-refractivity contribution in [1.82, 2.24) is 0 Å². The van der Waals surface area contributed by atoms with Crippen LogP contribution in [0.2, 0.25) is 0 Å². The van der Waals surface area contributed by atoms with Crippen LogP contribution in [0.1, 0.15) is 0 Å². The minimum atomic E-state index is 0.872. The van der Waals surface area contributed by atoms with Crippen molar-refractivity contribution in [2.24, 2.45) is 0 Å². The minimum Gasteiger partial charge on any atom is -0.455 e. The van der Waals surface area contributed by atoms with Gasteiger partial charge in [0, 0.05) is 22.1 Å². The Kier molecular flexibility index (Phi) is 7.18. The average molecular weight is 664 g/mol. The summed E-state index contributed by atoms with van der Waals surface area (Å²) in [6.45, 7) is 0. The monoisotopic (exact) mass is 663 g/mol. The van der Waals surface area contributed by atoms with Crippen LogP contribution in [0.4, 0.5) is 17.1 Å². The first-order valence-corrected chi connectivity index (χ1v) is 17.8. The number of anilines is 3. The second-order valence-corrected chi connectivity index (χ2v) is 13.4. The van der Waals surface area contributed by atoms with Gasteiger partial charge in [0.2, 0.25) is 0 Å². The quantitative estimate of drug-likeness (QED) is 0.176. The predicted octanol–water partition coefficient (Wildman–Crippen LogP) is 14.4. The number of rotatable bonds is 6. The molecule has 1 aromatic heterocycles. The number of nitrogens with zero attached hydrogens (tertiary/aromatic N) is 1. The number of fused-ring (bicyclic) bond motifs is 6. The molecular formula is C50H33NO. The van der Waals surface area contributed by atoms with Crippen LogP contribution in [0.5, 0.6) is 0 Å². The molecule has 2 heteroatoms. The van der Waals surface area contributed by atoms with Crippen LogP contribution in [-0.4, -0.2) is 0 Å². The third kappa shape index (κ3) is 5.21. The Morgan fingerprint density at radius 2 is 0.846 bits per heavy atom.